The number of amidine groups is 1. The molecule has 1 heterocycles. The summed E-state index contributed by atoms with van der Waals surface area (Å²) in [4.78, 5) is 11.3. The molecule has 210 valence electrons. The van der Waals surface area contributed by atoms with E-state index in [2.05, 4.69) is 57.1 Å². The van der Waals surface area contributed by atoms with Gasteiger partial charge in [-0.3, -0.25) is 4.98 Å². The summed E-state index contributed by atoms with van der Waals surface area (Å²) >= 11 is 0. The Hall–Kier alpha value is -3.53. The van der Waals surface area contributed by atoms with Crippen molar-refractivity contribution in [2.45, 2.75) is 67.2 Å². The number of nitrogens with zero attached hydrogens (tertiary/aromatic N) is 3. The second-order valence-electron chi connectivity index (χ2n) is 9.48. The maximum atomic E-state index is 13.1. The zero-order chi connectivity index (χ0) is 29.5. The Bertz CT molecular complexity index is 1250. The summed E-state index contributed by atoms with van der Waals surface area (Å²) in [5.74, 6) is 1.25. The molecule has 3 aromatic rings. The van der Waals surface area contributed by atoms with E-state index in [9.17, 15) is 4.39 Å². The molecule has 39 heavy (non-hydrogen) atoms. The summed E-state index contributed by atoms with van der Waals surface area (Å²) in [5.41, 5.74) is 17.1. The van der Waals surface area contributed by atoms with E-state index in [1.807, 2.05) is 58.0 Å². The lowest BCUT2D eigenvalue weighted by molar-refractivity contribution is 0.619. The molecule has 0 saturated heterocycles. The van der Waals surface area contributed by atoms with Crippen LogP contribution >= 0.6 is 0 Å². The summed E-state index contributed by atoms with van der Waals surface area (Å²) in [7, 11) is 3.98. The third-order valence-corrected chi connectivity index (χ3v) is 6.45. The first-order valence-corrected chi connectivity index (χ1v) is 13.8. The molecular formula is C34H47FN4. The van der Waals surface area contributed by atoms with Crippen molar-refractivity contribution < 1.29 is 4.39 Å². The van der Waals surface area contributed by atoms with Crippen molar-refractivity contribution in [1.29, 1.82) is 0 Å². The van der Waals surface area contributed by atoms with E-state index in [1.165, 1.54) is 23.3 Å². The van der Waals surface area contributed by atoms with Gasteiger partial charge in [0.05, 0.1) is 11.4 Å². The molecule has 0 amide bonds. The van der Waals surface area contributed by atoms with Crippen molar-refractivity contribution in [3.8, 4) is 11.3 Å². The van der Waals surface area contributed by atoms with Gasteiger partial charge in [0.2, 0.25) is 0 Å². The standard InChI is InChI=1S/C18H23FN2.C14H18N2.C2H6/c1-4-12(2)17-11-16(9-10-20)21-18(13(17)3)14-5-7-15(19)8-6-14;1-6-7-13-8-9-14(11(2)10-13)15-12(3)16(4)5;1-2/h5-8,11-12H,4,9-10,20H2,1-3H3;7-10H,1H2,2-5H3;1-2H3. The van der Waals surface area contributed by atoms with E-state index in [0.29, 0.717) is 12.5 Å². The first kappa shape index (κ1) is 33.5. The molecule has 0 aliphatic carbocycles. The zero-order valence-corrected chi connectivity index (χ0v) is 25.4. The van der Waals surface area contributed by atoms with Gasteiger partial charge in [0.15, 0.2) is 0 Å². The van der Waals surface area contributed by atoms with E-state index in [0.717, 1.165) is 52.4 Å². The SMILES string of the molecule is C=C=Cc1ccc(N=C(C)N(C)C)c(C)c1.CC.CCC(C)c1cc(CCN)nc(-c2ccc(F)cc2)c1C. The number of rotatable bonds is 7. The van der Waals surface area contributed by atoms with Crippen LogP contribution in [-0.4, -0.2) is 36.4 Å². The molecule has 2 aromatic carbocycles. The highest BCUT2D eigenvalue weighted by Gasteiger charge is 2.14. The zero-order valence-electron chi connectivity index (χ0n) is 25.4. The van der Waals surface area contributed by atoms with Gasteiger partial charge in [-0.25, -0.2) is 9.38 Å². The van der Waals surface area contributed by atoms with E-state index in [4.69, 9.17) is 10.7 Å². The first-order chi connectivity index (χ1) is 18.6. The molecule has 1 atom stereocenters. The molecule has 4 nitrogen and oxygen atoms in total. The Labute approximate surface area is 236 Å². The van der Waals surface area contributed by atoms with E-state index >= 15 is 0 Å². The third kappa shape index (κ3) is 10.3. The summed E-state index contributed by atoms with van der Waals surface area (Å²) < 4.78 is 13.1. The Morgan fingerprint density at radius 2 is 1.77 bits per heavy atom. The quantitative estimate of drug-likeness (QED) is 0.189. The van der Waals surface area contributed by atoms with Gasteiger partial charge in [-0.15, -0.1) is 5.73 Å². The summed E-state index contributed by atoms with van der Waals surface area (Å²) in [6.45, 7) is 18.7. The maximum absolute atomic E-state index is 13.1. The highest BCUT2D eigenvalue weighted by molar-refractivity contribution is 5.82. The number of aliphatic imine (C=N–C) groups is 1. The molecule has 0 aliphatic heterocycles. The van der Waals surface area contributed by atoms with Crippen LogP contribution in [0.15, 0.2) is 65.8 Å². The lowest BCUT2D eigenvalue weighted by atomic mass is 9.91. The Morgan fingerprint density at radius 1 is 1.13 bits per heavy atom. The van der Waals surface area contributed by atoms with Crippen molar-refractivity contribution >= 4 is 17.6 Å². The average Bonchev–Trinajstić information content (AvgIpc) is 2.93. The molecule has 0 spiro atoms. The van der Waals surface area contributed by atoms with Gasteiger partial charge in [-0.2, -0.15) is 0 Å². The fraction of sp³-hybridized carbons (Fsp3) is 0.382. The second kappa shape index (κ2) is 17.1. The number of hydrogen-bond donors (Lipinski definition) is 1. The minimum atomic E-state index is -0.225. The van der Waals surface area contributed by atoms with Crippen molar-refractivity contribution in [3.63, 3.8) is 0 Å². The van der Waals surface area contributed by atoms with Gasteiger partial charge in [-0.05, 0) is 110 Å². The van der Waals surface area contributed by atoms with Gasteiger partial charge in [0.25, 0.3) is 0 Å². The topological polar surface area (TPSA) is 54.5 Å². The average molecular weight is 531 g/mol. The number of aryl methyl sites for hydroxylation is 1. The smallest absolute Gasteiger partial charge is 0.123 e. The molecule has 0 fully saturated rings. The van der Waals surface area contributed by atoms with Gasteiger partial charge < -0.3 is 10.6 Å². The molecule has 3 rings (SSSR count). The summed E-state index contributed by atoms with van der Waals surface area (Å²) in [6.07, 6.45) is 3.70. The number of hydrogen-bond acceptors (Lipinski definition) is 3. The lowest BCUT2D eigenvalue weighted by Gasteiger charge is -2.18. The predicted molar refractivity (Wildman–Crippen MR) is 168 cm³/mol. The summed E-state index contributed by atoms with van der Waals surface area (Å²) in [5, 5.41) is 0. The maximum Gasteiger partial charge on any atom is 0.123 e. The molecule has 0 radical (unpaired) electrons. The molecule has 1 unspecified atom stereocenters. The molecule has 2 N–H and O–H groups in total. The van der Waals surface area contributed by atoms with Crippen LogP contribution in [0.2, 0.25) is 0 Å². The van der Waals surface area contributed by atoms with E-state index < -0.39 is 0 Å². The number of halogens is 1. The molecule has 0 bridgehead atoms. The fourth-order valence-electron chi connectivity index (χ4n) is 3.87. The largest absolute Gasteiger partial charge is 0.366 e. The molecule has 0 aliphatic rings. The monoisotopic (exact) mass is 530 g/mol. The van der Waals surface area contributed by atoms with Crippen LogP contribution in [-0.2, 0) is 6.42 Å². The van der Waals surface area contributed by atoms with Gasteiger partial charge in [-0.1, -0.05) is 40.3 Å². The van der Waals surface area contributed by atoms with Crippen molar-refractivity contribution in [2.75, 3.05) is 20.6 Å². The number of aromatic nitrogens is 1. The molecule has 5 heteroatoms. The van der Waals surface area contributed by atoms with Crippen LogP contribution in [0.4, 0.5) is 10.1 Å². The van der Waals surface area contributed by atoms with Crippen molar-refractivity contribution in [3.05, 3.63) is 94.6 Å². The van der Waals surface area contributed by atoms with Gasteiger partial charge >= 0.3 is 0 Å². The lowest BCUT2D eigenvalue weighted by Crippen LogP contribution is -2.17. The van der Waals surface area contributed by atoms with E-state index in [-0.39, 0.29) is 5.82 Å². The van der Waals surface area contributed by atoms with E-state index in [1.54, 1.807) is 12.1 Å². The Kier molecular flexibility index (Phi) is 14.7. The second-order valence-corrected chi connectivity index (χ2v) is 9.48. The highest BCUT2D eigenvalue weighted by Crippen LogP contribution is 2.30. The Morgan fingerprint density at radius 3 is 2.28 bits per heavy atom. The number of benzene rings is 2. The van der Waals surface area contributed by atoms with Crippen LogP contribution in [0.5, 0.6) is 0 Å². The van der Waals surface area contributed by atoms with Gasteiger partial charge in [0, 0.05) is 31.8 Å². The van der Waals surface area contributed by atoms with Crippen LogP contribution in [0, 0.1) is 19.7 Å². The summed E-state index contributed by atoms with van der Waals surface area (Å²) in [6, 6.07) is 14.8. The van der Waals surface area contributed by atoms with Crippen LogP contribution in [0.3, 0.4) is 0 Å². The first-order valence-electron chi connectivity index (χ1n) is 13.8. The molecular weight excluding hydrogens is 483 g/mol. The number of nitrogens with two attached hydrogens (primary N) is 1. The highest BCUT2D eigenvalue weighted by atomic mass is 19.1. The predicted octanol–water partition coefficient (Wildman–Crippen LogP) is 8.64. The normalized spacial score (nSPS) is 11.3. The van der Waals surface area contributed by atoms with Crippen molar-refractivity contribution in [1.82, 2.24) is 9.88 Å². The molecule has 1 aromatic heterocycles. The molecule has 0 saturated carbocycles. The Balaban J connectivity index is 0.000000379. The number of pyridine rings is 1. The van der Waals surface area contributed by atoms with Crippen LogP contribution in [0.25, 0.3) is 17.3 Å². The van der Waals surface area contributed by atoms with Gasteiger partial charge in [0.1, 0.15) is 11.7 Å². The minimum absolute atomic E-state index is 0.225. The van der Waals surface area contributed by atoms with Crippen molar-refractivity contribution in [2.24, 2.45) is 10.7 Å². The third-order valence-electron chi connectivity index (χ3n) is 6.45. The fourth-order valence-corrected chi connectivity index (χ4v) is 3.87. The van der Waals surface area contributed by atoms with Crippen LogP contribution < -0.4 is 5.73 Å². The van der Waals surface area contributed by atoms with Crippen LogP contribution in [0.1, 0.15) is 74.9 Å². The minimum Gasteiger partial charge on any atom is -0.366 e.